The van der Waals surface area contributed by atoms with Crippen molar-refractivity contribution in [2.75, 3.05) is 19.0 Å². The molecule has 3 rings (SSSR count). The normalized spacial score (nSPS) is 29.1. The molecule has 4 atom stereocenters. The minimum Gasteiger partial charge on any atom is -0.394 e. The average molecular weight is 297 g/mol. The number of nitrogens with zero attached hydrogens (tertiary/aromatic N) is 3. The van der Waals surface area contributed by atoms with Crippen LogP contribution in [0.1, 0.15) is 6.23 Å². The molecule has 1 aliphatic rings. The maximum Gasteiger partial charge on any atom is 0.278 e. The topological polar surface area (TPSA) is 146 Å². The number of aromatic nitrogens is 4. The summed E-state index contributed by atoms with van der Waals surface area (Å²) < 4.78 is 6.83. The predicted octanol–water partition coefficient (Wildman–Crippen LogP) is -2.23. The van der Waals surface area contributed by atoms with Gasteiger partial charge in [0.15, 0.2) is 17.4 Å². The van der Waals surface area contributed by atoms with E-state index in [1.54, 1.807) is 7.05 Å². The first-order valence-corrected chi connectivity index (χ1v) is 6.34. The number of aromatic amines is 1. The minimum absolute atomic E-state index is 0.0830. The summed E-state index contributed by atoms with van der Waals surface area (Å²) in [5, 5.41) is 31.9. The molecule has 2 aromatic rings. The van der Waals surface area contributed by atoms with Gasteiger partial charge in [0.05, 0.1) is 12.9 Å². The molecule has 5 N–H and O–H groups in total. The Hall–Kier alpha value is -2.01. The molecule has 0 saturated carbocycles. The second kappa shape index (κ2) is 5.07. The fourth-order valence-electron chi connectivity index (χ4n) is 2.43. The molecule has 1 aliphatic heterocycles. The van der Waals surface area contributed by atoms with Gasteiger partial charge in [-0.25, -0.2) is 9.97 Å². The average Bonchev–Trinajstić information content (AvgIpc) is 2.99. The third kappa shape index (κ3) is 2.00. The van der Waals surface area contributed by atoms with Crippen molar-refractivity contribution < 1.29 is 20.1 Å². The van der Waals surface area contributed by atoms with E-state index in [-0.39, 0.29) is 17.1 Å². The summed E-state index contributed by atoms with van der Waals surface area (Å²) in [5.41, 5.74) is -0.139. The predicted molar refractivity (Wildman–Crippen MR) is 70.7 cm³/mol. The molecular weight excluding hydrogens is 282 g/mol. The number of hydrogen-bond donors (Lipinski definition) is 5. The van der Waals surface area contributed by atoms with Crippen LogP contribution in [0.15, 0.2) is 11.1 Å². The van der Waals surface area contributed by atoms with Gasteiger partial charge in [-0.15, -0.1) is 0 Å². The van der Waals surface area contributed by atoms with Crippen LogP contribution >= 0.6 is 0 Å². The fourth-order valence-corrected chi connectivity index (χ4v) is 2.43. The van der Waals surface area contributed by atoms with Crippen LogP contribution in [0.5, 0.6) is 0 Å². The van der Waals surface area contributed by atoms with Gasteiger partial charge in [0.2, 0.25) is 5.95 Å². The first-order valence-electron chi connectivity index (χ1n) is 6.34. The zero-order chi connectivity index (χ0) is 15.1. The highest BCUT2D eigenvalue weighted by atomic mass is 16.6. The molecule has 0 radical (unpaired) electrons. The minimum atomic E-state index is -1.28. The number of anilines is 1. The van der Waals surface area contributed by atoms with E-state index in [0.717, 1.165) is 0 Å². The number of aliphatic hydroxyl groups excluding tert-OH is 3. The SMILES string of the molecule is CNc1nc2c(=O)[nH]cnc2n1[C@@H]1O[C@H](CO)[C@H](O)[C@H]1O. The van der Waals surface area contributed by atoms with Crippen molar-refractivity contribution in [3.05, 3.63) is 16.7 Å². The van der Waals surface area contributed by atoms with Crippen LogP contribution in [0.25, 0.3) is 11.2 Å². The number of nitrogens with one attached hydrogen (secondary N) is 2. The van der Waals surface area contributed by atoms with Crippen molar-refractivity contribution in [3.8, 4) is 0 Å². The molecule has 0 unspecified atom stereocenters. The van der Waals surface area contributed by atoms with E-state index in [1.807, 2.05) is 0 Å². The Labute approximate surface area is 118 Å². The van der Waals surface area contributed by atoms with Crippen LogP contribution in [0.3, 0.4) is 0 Å². The van der Waals surface area contributed by atoms with E-state index in [9.17, 15) is 15.0 Å². The van der Waals surface area contributed by atoms with Gasteiger partial charge in [0.1, 0.15) is 18.3 Å². The van der Waals surface area contributed by atoms with Crippen LogP contribution in [-0.2, 0) is 4.74 Å². The molecule has 1 saturated heterocycles. The molecule has 114 valence electrons. The molecular formula is C11H15N5O5. The Balaban J connectivity index is 2.16. The van der Waals surface area contributed by atoms with E-state index in [0.29, 0.717) is 0 Å². The van der Waals surface area contributed by atoms with Crippen LogP contribution in [0.4, 0.5) is 5.95 Å². The van der Waals surface area contributed by atoms with Gasteiger partial charge in [-0.3, -0.25) is 9.36 Å². The summed E-state index contributed by atoms with van der Waals surface area (Å²) in [4.78, 5) is 22.3. The Morgan fingerprint density at radius 2 is 2.24 bits per heavy atom. The lowest BCUT2D eigenvalue weighted by Gasteiger charge is -2.18. The van der Waals surface area contributed by atoms with Gasteiger partial charge in [-0.1, -0.05) is 0 Å². The number of rotatable bonds is 3. The molecule has 21 heavy (non-hydrogen) atoms. The van der Waals surface area contributed by atoms with Crippen LogP contribution in [0, 0.1) is 0 Å². The summed E-state index contributed by atoms with van der Waals surface area (Å²) >= 11 is 0. The second-order valence-electron chi connectivity index (χ2n) is 4.69. The lowest BCUT2D eigenvalue weighted by Crippen LogP contribution is -2.33. The summed E-state index contributed by atoms with van der Waals surface area (Å²) in [6, 6.07) is 0. The van der Waals surface area contributed by atoms with Gasteiger partial charge in [-0.05, 0) is 0 Å². The largest absolute Gasteiger partial charge is 0.394 e. The molecule has 0 amide bonds. The molecule has 0 bridgehead atoms. The molecule has 0 aromatic carbocycles. The monoisotopic (exact) mass is 297 g/mol. The quantitative estimate of drug-likeness (QED) is 0.428. The van der Waals surface area contributed by atoms with Crippen molar-refractivity contribution in [1.82, 2.24) is 19.5 Å². The second-order valence-corrected chi connectivity index (χ2v) is 4.69. The maximum atomic E-state index is 11.7. The van der Waals surface area contributed by atoms with E-state index in [1.165, 1.54) is 10.9 Å². The lowest BCUT2D eigenvalue weighted by molar-refractivity contribution is -0.0501. The van der Waals surface area contributed by atoms with Crippen molar-refractivity contribution in [3.63, 3.8) is 0 Å². The summed E-state index contributed by atoms with van der Waals surface area (Å²) in [6.45, 7) is -0.440. The van der Waals surface area contributed by atoms with Crippen molar-refractivity contribution >= 4 is 17.1 Å². The number of H-pyrrole nitrogens is 1. The standard InChI is InChI=1S/C11H15N5O5/c1-12-11-15-5-8(13-3-14-9(5)20)16(11)10-7(19)6(18)4(2-17)21-10/h3-4,6-7,10,17-19H,2H2,1H3,(H,12,15)(H,13,14,20)/t4-,6+,7-,10-/m1/s1. The van der Waals surface area contributed by atoms with Gasteiger partial charge < -0.3 is 30.4 Å². The fraction of sp³-hybridized carbons (Fsp3) is 0.545. The van der Waals surface area contributed by atoms with E-state index >= 15 is 0 Å². The highest BCUT2D eigenvalue weighted by Gasteiger charge is 2.44. The number of fused-ring (bicyclic) bond motifs is 1. The third-order valence-corrected chi connectivity index (χ3v) is 3.48. The molecule has 10 heteroatoms. The van der Waals surface area contributed by atoms with Crippen molar-refractivity contribution in [2.24, 2.45) is 0 Å². The smallest absolute Gasteiger partial charge is 0.278 e. The van der Waals surface area contributed by atoms with Gasteiger partial charge in [-0.2, -0.15) is 0 Å². The van der Waals surface area contributed by atoms with E-state index in [4.69, 9.17) is 9.84 Å². The molecule has 1 fully saturated rings. The number of imidazole rings is 1. The van der Waals surface area contributed by atoms with Crippen LogP contribution in [0.2, 0.25) is 0 Å². The number of ether oxygens (including phenoxy) is 1. The van der Waals surface area contributed by atoms with Crippen molar-refractivity contribution in [2.45, 2.75) is 24.5 Å². The molecule has 3 heterocycles. The Morgan fingerprint density at radius 1 is 1.48 bits per heavy atom. The number of hydrogen-bond acceptors (Lipinski definition) is 8. The summed E-state index contributed by atoms with van der Waals surface area (Å²) in [7, 11) is 1.59. The summed E-state index contributed by atoms with van der Waals surface area (Å²) in [5.74, 6) is 0.254. The Bertz CT molecular complexity index is 713. The van der Waals surface area contributed by atoms with Crippen LogP contribution in [-0.4, -0.2) is 66.8 Å². The molecule has 10 nitrogen and oxygen atoms in total. The third-order valence-electron chi connectivity index (χ3n) is 3.48. The highest BCUT2D eigenvalue weighted by Crippen LogP contribution is 2.33. The lowest BCUT2D eigenvalue weighted by atomic mass is 10.1. The van der Waals surface area contributed by atoms with E-state index in [2.05, 4.69) is 20.3 Å². The molecule has 0 aliphatic carbocycles. The Kier molecular flexibility index (Phi) is 3.37. The van der Waals surface area contributed by atoms with Gasteiger partial charge >= 0.3 is 0 Å². The first-order chi connectivity index (χ1) is 10.1. The summed E-state index contributed by atoms with van der Waals surface area (Å²) in [6.07, 6.45) is -3.26. The van der Waals surface area contributed by atoms with E-state index < -0.39 is 36.7 Å². The first kappa shape index (κ1) is 13.9. The van der Waals surface area contributed by atoms with Gasteiger partial charge in [0, 0.05) is 7.05 Å². The maximum absolute atomic E-state index is 11.7. The number of aliphatic hydroxyl groups is 3. The van der Waals surface area contributed by atoms with Crippen LogP contribution < -0.4 is 10.9 Å². The Morgan fingerprint density at radius 3 is 2.86 bits per heavy atom. The molecule has 2 aromatic heterocycles. The van der Waals surface area contributed by atoms with Crippen molar-refractivity contribution in [1.29, 1.82) is 0 Å². The zero-order valence-electron chi connectivity index (χ0n) is 11.1. The molecule has 0 spiro atoms. The van der Waals surface area contributed by atoms with Gasteiger partial charge in [0.25, 0.3) is 5.56 Å². The highest BCUT2D eigenvalue weighted by molar-refractivity contribution is 5.73. The zero-order valence-corrected chi connectivity index (χ0v) is 11.1.